The van der Waals surface area contributed by atoms with Gasteiger partial charge in [0.2, 0.25) is 5.91 Å². The van der Waals surface area contributed by atoms with Gasteiger partial charge in [-0.3, -0.25) is 9.10 Å². The van der Waals surface area contributed by atoms with Crippen LogP contribution in [0.25, 0.3) is 0 Å². The molecule has 0 heterocycles. The van der Waals surface area contributed by atoms with Crippen LogP contribution < -0.4 is 19.1 Å². The van der Waals surface area contributed by atoms with Crippen molar-refractivity contribution >= 4 is 21.6 Å². The Labute approximate surface area is 207 Å². The van der Waals surface area contributed by atoms with Crippen LogP contribution in [0.2, 0.25) is 0 Å². The molecule has 0 spiro atoms. The van der Waals surface area contributed by atoms with Gasteiger partial charge in [-0.2, -0.15) is 0 Å². The van der Waals surface area contributed by atoms with Gasteiger partial charge in [0, 0.05) is 0 Å². The van der Waals surface area contributed by atoms with Crippen LogP contribution in [0.5, 0.6) is 11.5 Å². The molecule has 0 aliphatic rings. The highest BCUT2D eigenvalue weighted by Gasteiger charge is 2.28. The van der Waals surface area contributed by atoms with Gasteiger partial charge in [-0.1, -0.05) is 36.8 Å². The number of nitrogens with zero attached hydrogens (tertiary/aromatic N) is 1. The van der Waals surface area contributed by atoms with E-state index < -0.39 is 15.9 Å². The smallest absolute Gasteiger partial charge is 0.264 e. The van der Waals surface area contributed by atoms with E-state index in [4.69, 9.17) is 9.47 Å². The predicted octanol–water partition coefficient (Wildman–Crippen LogP) is 4.78. The number of hydrogen-bond acceptors (Lipinski definition) is 5. The monoisotopic (exact) mass is 496 g/mol. The maximum absolute atomic E-state index is 13.6. The van der Waals surface area contributed by atoms with Crippen molar-refractivity contribution in [1.82, 2.24) is 5.32 Å². The minimum atomic E-state index is -3.99. The maximum Gasteiger partial charge on any atom is 0.264 e. The second kappa shape index (κ2) is 11.3. The zero-order valence-corrected chi connectivity index (χ0v) is 21.6. The molecule has 186 valence electrons. The number of benzene rings is 3. The lowest BCUT2D eigenvalue weighted by molar-refractivity contribution is -0.120. The summed E-state index contributed by atoms with van der Waals surface area (Å²) in [6, 6.07) is 18.6. The third-order valence-corrected chi connectivity index (χ3v) is 7.61. The Balaban J connectivity index is 1.90. The predicted molar refractivity (Wildman–Crippen MR) is 138 cm³/mol. The normalized spacial score (nSPS) is 12.0. The van der Waals surface area contributed by atoms with E-state index in [1.807, 2.05) is 39.0 Å². The largest absolute Gasteiger partial charge is 0.497 e. The average molecular weight is 497 g/mol. The molecule has 7 nitrogen and oxygen atoms in total. The molecule has 0 bridgehead atoms. The van der Waals surface area contributed by atoms with Crippen LogP contribution >= 0.6 is 0 Å². The fourth-order valence-corrected chi connectivity index (χ4v) is 5.23. The van der Waals surface area contributed by atoms with Gasteiger partial charge < -0.3 is 14.8 Å². The molecule has 3 rings (SSSR count). The van der Waals surface area contributed by atoms with Gasteiger partial charge in [-0.25, -0.2) is 8.42 Å². The highest BCUT2D eigenvalue weighted by molar-refractivity contribution is 7.92. The summed E-state index contributed by atoms with van der Waals surface area (Å²) >= 11 is 0. The molecule has 1 N–H and O–H groups in total. The minimum absolute atomic E-state index is 0.115. The van der Waals surface area contributed by atoms with Gasteiger partial charge in [-0.15, -0.1) is 0 Å². The molecule has 3 aromatic rings. The third-order valence-electron chi connectivity index (χ3n) is 5.82. The number of carbonyl (C=O) groups is 1. The molecule has 0 saturated heterocycles. The van der Waals surface area contributed by atoms with Crippen LogP contribution in [0, 0.1) is 13.8 Å². The molecule has 35 heavy (non-hydrogen) atoms. The summed E-state index contributed by atoms with van der Waals surface area (Å²) in [7, 11) is -0.842. The van der Waals surface area contributed by atoms with Crippen LogP contribution in [-0.2, 0) is 14.8 Å². The van der Waals surface area contributed by atoms with Crippen molar-refractivity contribution < 1.29 is 22.7 Å². The van der Waals surface area contributed by atoms with E-state index in [-0.39, 0.29) is 17.5 Å². The van der Waals surface area contributed by atoms with Crippen LogP contribution in [0.1, 0.15) is 36.1 Å². The summed E-state index contributed by atoms with van der Waals surface area (Å²) in [5.74, 6) is 0.952. The van der Waals surface area contributed by atoms with Gasteiger partial charge in [0.25, 0.3) is 10.0 Å². The summed E-state index contributed by atoms with van der Waals surface area (Å²) in [5, 5.41) is 2.99. The number of sulfonamides is 1. The Bertz CT molecular complexity index is 1260. The zero-order chi connectivity index (χ0) is 25.6. The quantitative estimate of drug-likeness (QED) is 0.437. The summed E-state index contributed by atoms with van der Waals surface area (Å²) in [4.78, 5) is 13.3. The van der Waals surface area contributed by atoms with Gasteiger partial charge in [0.05, 0.1) is 30.8 Å². The minimum Gasteiger partial charge on any atom is -0.497 e. The highest BCUT2D eigenvalue weighted by atomic mass is 32.2. The Morgan fingerprint density at radius 1 is 0.943 bits per heavy atom. The Kier molecular flexibility index (Phi) is 8.40. The molecule has 3 aromatic carbocycles. The number of ether oxygens (including phenoxy) is 2. The van der Waals surface area contributed by atoms with Gasteiger partial charge in [0.15, 0.2) is 0 Å². The number of nitrogens with one attached hydrogen (secondary N) is 1. The van der Waals surface area contributed by atoms with Crippen molar-refractivity contribution in [3.8, 4) is 11.5 Å². The summed E-state index contributed by atoms with van der Waals surface area (Å²) < 4.78 is 38.8. The number of aryl methyl sites for hydroxylation is 2. The number of amides is 1. The number of anilines is 1. The van der Waals surface area contributed by atoms with E-state index in [9.17, 15) is 13.2 Å². The van der Waals surface area contributed by atoms with E-state index in [2.05, 4.69) is 5.32 Å². The number of carbonyl (C=O) groups excluding carboxylic acids is 1. The number of methoxy groups -OCH3 is 2. The molecule has 1 unspecified atom stereocenters. The second-order valence-electron chi connectivity index (χ2n) is 8.28. The van der Waals surface area contributed by atoms with Crippen molar-refractivity contribution in [2.45, 2.75) is 38.1 Å². The molecular weight excluding hydrogens is 464 g/mol. The topological polar surface area (TPSA) is 84.9 Å². The lowest BCUT2D eigenvalue weighted by Crippen LogP contribution is -2.42. The fraction of sp³-hybridized carbons (Fsp3) is 0.296. The third kappa shape index (κ3) is 6.14. The van der Waals surface area contributed by atoms with Crippen LogP contribution in [-0.4, -0.2) is 35.1 Å². The molecule has 0 fully saturated rings. The lowest BCUT2D eigenvalue weighted by Gasteiger charge is -2.26. The van der Waals surface area contributed by atoms with Gasteiger partial charge in [-0.05, 0) is 73.9 Å². The maximum atomic E-state index is 13.6. The molecule has 0 aliphatic heterocycles. The summed E-state index contributed by atoms with van der Waals surface area (Å²) in [6.45, 7) is 5.43. The average Bonchev–Trinajstić information content (AvgIpc) is 2.86. The van der Waals surface area contributed by atoms with Gasteiger partial charge in [0.1, 0.15) is 18.0 Å². The Morgan fingerprint density at radius 2 is 1.60 bits per heavy atom. The van der Waals surface area contributed by atoms with Crippen LogP contribution in [0.4, 0.5) is 5.69 Å². The number of hydrogen-bond donors (Lipinski definition) is 1. The first-order valence-corrected chi connectivity index (χ1v) is 12.8. The summed E-state index contributed by atoms with van der Waals surface area (Å²) in [6.07, 6.45) is 0.644. The first kappa shape index (κ1) is 26.1. The number of rotatable bonds is 10. The molecular formula is C27H32N2O5S. The van der Waals surface area contributed by atoms with E-state index in [0.717, 1.165) is 26.7 Å². The Morgan fingerprint density at radius 3 is 2.14 bits per heavy atom. The van der Waals surface area contributed by atoms with Crippen molar-refractivity contribution in [2.75, 3.05) is 25.1 Å². The standard InChI is InChI=1S/C27H32N2O5S/c1-6-25(21-9-16-26(34-5)20(3)17-21)28-27(30)18-29(22-10-12-23(33-4)13-11-22)35(31,32)24-14-7-19(2)8-15-24/h7-17,25H,6,18H2,1-5H3,(H,28,30). The second-order valence-corrected chi connectivity index (χ2v) is 10.1. The van der Waals surface area contributed by atoms with E-state index >= 15 is 0 Å². The molecule has 0 saturated carbocycles. The Hall–Kier alpha value is -3.52. The van der Waals surface area contributed by atoms with E-state index in [1.54, 1.807) is 55.6 Å². The van der Waals surface area contributed by atoms with Crippen molar-refractivity contribution in [3.63, 3.8) is 0 Å². The van der Waals surface area contributed by atoms with E-state index in [1.165, 1.54) is 7.11 Å². The summed E-state index contributed by atoms with van der Waals surface area (Å²) in [5.41, 5.74) is 3.20. The first-order valence-electron chi connectivity index (χ1n) is 11.4. The van der Waals surface area contributed by atoms with Gasteiger partial charge >= 0.3 is 0 Å². The molecule has 8 heteroatoms. The molecule has 1 amide bonds. The van der Waals surface area contributed by atoms with Crippen molar-refractivity contribution in [1.29, 1.82) is 0 Å². The lowest BCUT2D eigenvalue weighted by atomic mass is 10.0. The van der Waals surface area contributed by atoms with E-state index in [0.29, 0.717) is 17.9 Å². The molecule has 0 aliphatic carbocycles. The zero-order valence-electron chi connectivity index (χ0n) is 20.7. The molecule has 0 radical (unpaired) electrons. The van der Waals surface area contributed by atoms with Crippen molar-refractivity contribution in [2.24, 2.45) is 0 Å². The molecule has 1 atom stereocenters. The van der Waals surface area contributed by atoms with Crippen LogP contribution in [0.3, 0.4) is 0 Å². The fourth-order valence-electron chi connectivity index (χ4n) is 3.81. The highest BCUT2D eigenvalue weighted by Crippen LogP contribution is 2.27. The SMILES string of the molecule is CCC(NC(=O)CN(c1ccc(OC)cc1)S(=O)(=O)c1ccc(C)cc1)c1ccc(OC)c(C)c1. The van der Waals surface area contributed by atoms with Crippen LogP contribution in [0.15, 0.2) is 71.6 Å². The van der Waals surface area contributed by atoms with Crippen molar-refractivity contribution in [3.05, 3.63) is 83.4 Å². The molecule has 0 aromatic heterocycles. The first-order chi connectivity index (χ1) is 16.7.